The molecule has 0 bridgehead atoms. The van der Waals surface area contributed by atoms with E-state index in [1.54, 1.807) is 30.3 Å². The van der Waals surface area contributed by atoms with Gasteiger partial charge >= 0.3 is 5.97 Å². The summed E-state index contributed by atoms with van der Waals surface area (Å²) >= 11 is 0. The summed E-state index contributed by atoms with van der Waals surface area (Å²) in [7, 11) is 1.63. The van der Waals surface area contributed by atoms with Crippen LogP contribution in [0.4, 0.5) is 0 Å². The van der Waals surface area contributed by atoms with Crippen LogP contribution in [0, 0.1) is 0 Å². The Morgan fingerprint density at radius 3 is 2.94 bits per heavy atom. The Hall–Kier alpha value is -2.15. The number of hydrogen-bond donors (Lipinski definition) is 1. The van der Waals surface area contributed by atoms with Crippen molar-refractivity contribution in [3.05, 3.63) is 30.2 Å². The number of aryl methyl sites for hydroxylation is 1. The molecule has 0 unspecified atom stereocenters. The highest BCUT2D eigenvalue weighted by atomic mass is 16.5. The molecule has 2 heterocycles. The number of aromatic carboxylic acids is 1. The first-order valence-corrected chi connectivity index (χ1v) is 5.52. The van der Waals surface area contributed by atoms with E-state index in [0.717, 1.165) is 6.42 Å². The first-order valence-electron chi connectivity index (χ1n) is 5.52. The first kappa shape index (κ1) is 12.3. The smallest absolute Gasteiger partial charge is 0.341 e. The van der Waals surface area contributed by atoms with Crippen LogP contribution < -0.4 is 0 Å². The van der Waals surface area contributed by atoms with Gasteiger partial charge in [0.15, 0.2) is 5.82 Å². The minimum Gasteiger partial charge on any atom is -0.477 e. The highest BCUT2D eigenvalue weighted by molar-refractivity contribution is 5.90. The first-order chi connectivity index (χ1) is 8.74. The third-order valence-corrected chi connectivity index (χ3v) is 2.48. The van der Waals surface area contributed by atoms with Crippen LogP contribution in [0.25, 0.3) is 5.82 Å². The van der Waals surface area contributed by atoms with Gasteiger partial charge in [-0.2, -0.15) is 10.2 Å². The van der Waals surface area contributed by atoms with Crippen LogP contribution in [0.5, 0.6) is 0 Å². The van der Waals surface area contributed by atoms with Gasteiger partial charge in [0.05, 0.1) is 6.20 Å². The Kier molecular flexibility index (Phi) is 3.73. The molecule has 0 fully saturated rings. The average molecular weight is 250 g/mol. The van der Waals surface area contributed by atoms with E-state index in [2.05, 4.69) is 10.2 Å². The number of nitrogens with zero attached hydrogens (tertiary/aromatic N) is 4. The minimum absolute atomic E-state index is 0.135. The monoisotopic (exact) mass is 250 g/mol. The van der Waals surface area contributed by atoms with E-state index in [4.69, 9.17) is 9.84 Å². The molecule has 0 aromatic carbocycles. The largest absolute Gasteiger partial charge is 0.477 e. The van der Waals surface area contributed by atoms with Crippen molar-refractivity contribution in [2.24, 2.45) is 0 Å². The zero-order valence-corrected chi connectivity index (χ0v) is 9.98. The van der Waals surface area contributed by atoms with E-state index in [9.17, 15) is 4.79 Å². The third kappa shape index (κ3) is 2.40. The molecular weight excluding hydrogens is 236 g/mol. The standard InChI is InChI=1S/C11H14N4O3/c1-18-7-3-6-15-10(14-5-2-4-12-14)9(8-13-15)11(16)17/h2,4-5,8H,3,6-7H2,1H3,(H,16,17). The van der Waals surface area contributed by atoms with E-state index >= 15 is 0 Å². The van der Waals surface area contributed by atoms with Gasteiger partial charge in [-0.15, -0.1) is 0 Å². The van der Waals surface area contributed by atoms with Gasteiger partial charge in [-0.25, -0.2) is 14.2 Å². The normalized spacial score (nSPS) is 10.7. The number of methoxy groups -OCH3 is 1. The summed E-state index contributed by atoms with van der Waals surface area (Å²) in [6.07, 6.45) is 5.38. The molecule has 7 nitrogen and oxygen atoms in total. The molecule has 7 heteroatoms. The summed E-state index contributed by atoms with van der Waals surface area (Å²) in [6.45, 7) is 1.18. The number of carboxylic acids is 1. The zero-order chi connectivity index (χ0) is 13.0. The lowest BCUT2D eigenvalue weighted by atomic mass is 10.3. The Balaban J connectivity index is 2.32. The van der Waals surface area contributed by atoms with Crippen LogP contribution in [0.15, 0.2) is 24.7 Å². The van der Waals surface area contributed by atoms with Gasteiger partial charge in [0.1, 0.15) is 5.56 Å². The Bertz CT molecular complexity index is 518. The Morgan fingerprint density at radius 2 is 2.33 bits per heavy atom. The predicted molar refractivity (Wildman–Crippen MR) is 62.8 cm³/mol. The fraction of sp³-hybridized carbons (Fsp3) is 0.364. The fourth-order valence-corrected chi connectivity index (χ4v) is 1.69. The van der Waals surface area contributed by atoms with Crippen molar-refractivity contribution in [1.82, 2.24) is 19.6 Å². The van der Waals surface area contributed by atoms with E-state index in [-0.39, 0.29) is 5.56 Å². The predicted octanol–water partition coefficient (Wildman–Crippen LogP) is 0.803. The van der Waals surface area contributed by atoms with Crippen molar-refractivity contribution >= 4 is 5.97 Å². The molecule has 2 aromatic heterocycles. The summed E-state index contributed by atoms with van der Waals surface area (Å²) in [6, 6.07) is 1.73. The van der Waals surface area contributed by atoms with E-state index in [0.29, 0.717) is 19.0 Å². The summed E-state index contributed by atoms with van der Waals surface area (Å²) in [5.41, 5.74) is 0.135. The molecule has 2 aromatic rings. The summed E-state index contributed by atoms with van der Waals surface area (Å²) in [4.78, 5) is 11.1. The number of hydrogen-bond acceptors (Lipinski definition) is 4. The van der Waals surface area contributed by atoms with E-state index < -0.39 is 5.97 Å². The molecule has 96 valence electrons. The number of rotatable bonds is 6. The van der Waals surface area contributed by atoms with Crippen LogP contribution in [-0.4, -0.2) is 44.4 Å². The van der Waals surface area contributed by atoms with Gasteiger partial charge in [0.25, 0.3) is 0 Å². The van der Waals surface area contributed by atoms with Crippen molar-refractivity contribution in [2.75, 3.05) is 13.7 Å². The highest BCUT2D eigenvalue weighted by Gasteiger charge is 2.18. The molecule has 2 rings (SSSR count). The fourth-order valence-electron chi connectivity index (χ4n) is 1.69. The molecule has 0 aliphatic rings. The molecule has 0 saturated carbocycles. The van der Waals surface area contributed by atoms with Crippen LogP contribution in [-0.2, 0) is 11.3 Å². The average Bonchev–Trinajstić information content (AvgIpc) is 2.96. The number of aromatic nitrogens is 4. The maximum Gasteiger partial charge on any atom is 0.341 e. The van der Waals surface area contributed by atoms with Crippen molar-refractivity contribution in [1.29, 1.82) is 0 Å². The highest BCUT2D eigenvalue weighted by Crippen LogP contribution is 2.14. The third-order valence-electron chi connectivity index (χ3n) is 2.48. The molecular formula is C11H14N4O3. The van der Waals surface area contributed by atoms with Gasteiger partial charge in [-0.1, -0.05) is 0 Å². The molecule has 18 heavy (non-hydrogen) atoms. The molecule has 0 radical (unpaired) electrons. The second kappa shape index (κ2) is 5.46. The molecule has 1 N–H and O–H groups in total. The lowest BCUT2D eigenvalue weighted by Crippen LogP contribution is -2.12. The van der Waals surface area contributed by atoms with Crippen LogP contribution in [0.1, 0.15) is 16.8 Å². The van der Waals surface area contributed by atoms with Crippen molar-refractivity contribution in [3.63, 3.8) is 0 Å². The maximum absolute atomic E-state index is 11.1. The van der Waals surface area contributed by atoms with Crippen molar-refractivity contribution in [3.8, 4) is 5.82 Å². The molecule has 0 aliphatic carbocycles. The van der Waals surface area contributed by atoms with Crippen LogP contribution in [0.3, 0.4) is 0 Å². The molecule has 0 atom stereocenters. The van der Waals surface area contributed by atoms with Crippen LogP contribution >= 0.6 is 0 Å². The summed E-state index contributed by atoms with van der Waals surface area (Å²) < 4.78 is 8.09. The van der Waals surface area contributed by atoms with Gasteiger partial charge in [-0.3, -0.25) is 0 Å². The van der Waals surface area contributed by atoms with Gasteiger partial charge in [0, 0.05) is 32.7 Å². The maximum atomic E-state index is 11.1. The number of carboxylic acid groups (broad SMARTS) is 1. The lowest BCUT2D eigenvalue weighted by Gasteiger charge is -2.08. The second-order valence-electron chi connectivity index (χ2n) is 3.71. The van der Waals surface area contributed by atoms with E-state index in [1.807, 2.05) is 0 Å². The van der Waals surface area contributed by atoms with Crippen molar-refractivity contribution < 1.29 is 14.6 Å². The number of ether oxygens (including phenoxy) is 1. The van der Waals surface area contributed by atoms with Gasteiger partial charge in [0.2, 0.25) is 0 Å². The summed E-state index contributed by atoms with van der Waals surface area (Å²) in [5.74, 6) is -0.554. The second-order valence-corrected chi connectivity index (χ2v) is 3.71. The van der Waals surface area contributed by atoms with Crippen molar-refractivity contribution in [2.45, 2.75) is 13.0 Å². The summed E-state index contributed by atoms with van der Waals surface area (Å²) in [5, 5.41) is 17.3. The SMILES string of the molecule is COCCCn1ncc(C(=O)O)c1-n1cccn1. The molecule has 0 spiro atoms. The quantitative estimate of drug-likeness (QED) is 0.767. The zero-order valence-electron chi connectivity index (χ0n) is 9.98. The van der Waals surface area contributed by atoms with Gasteiger partial charge < -0.3 is 9.84 Å². The molecule has 0 aliphatic heterocycles. The van der Waals surface area contributed by atoms with Gasteiger partial charge in [-0.05, 0) is 12.5 Å². The van der Waals surface area contributed by atoms with Crippen LogP contribution in [0.2, 0.25) is 0 Å². The topological polar surface area (TPSA) is 82.2 Å². The molecule has 0 saturated heterocycles. The lowest BCUT2D eigenvalue weighted by molar-refractivity contribution is 0.0696. The molecule has 0 amide bonds. The Labute approximate surface area is 104 Å². The Morgan fingerprint density at radius 1 is 1.50 bits per heavy atom. The van der Waals surface area contributed by atoms with E-state index in [1.165, 1.54) is 10.9 Å². The minimum atomic E-state index is -1.02. The number of carbonyl (C=O) groups is 1.